The van der Waals surface area contributed by atoms with Gasteiger partial charge in [-0.1, -0.05) is 11.8 Å². The predicted molar refractivity (Wildman–Crippen MR) is 58.0 cm³/mol. The van der Waals surface area contributed by atoms with Gasteiger partial charge in [-0.05, 0) is 6.07 Å². The van der Waals surface area contributed by atoms with Crippen LogP contribution in [0, 0.1) is 27.8 Å². The minimum atomic E-state index is -0.744. The molecule has 0 bridgehead atoms. The van der Waals surface area contributed by atoms with E-state index >= 15 is 0 Å². The van der Waals surface area contributed by atoms with Crippen molar-refractivity contribution in [2.24, 2.45) is 5.73 Å². The van der Waals surface area contributed by atoms with Crippen LogP contribution in [0.3, 0.4) is 0 Å². The van der Waals surface area contributed by atoms with Gasteiger partial charge in [0.2, 0.25) is 0 Å². The second kappa shape index (κ2) is 5.09. The van der Waals surface area contributed by atoms with E-state index in [-0.39, 0.29) is 11.3 Å². The van der Waals surface area contributed by atoms with Crippen molar-refractivity contribution >= 4 is 11.4 Å². The Morgan fingerprint density at radius 3 is 2.75 bits per heavy atom. The Hall–Kier alpha value is -2.13. The van der Waals surface area contributed by atoms with E-state index in [1.165, 1.54) is 0 Å². The number of hydrogen-bond donors (Lipinski definition) is 2. The first kappa shape index (κ1) is 11.9. The van der Waals surface area contributed by atoms with Gasteiger partial charge < -0.3 is 11.5 Å². The van der Waals surface area contributed by atoms with E-state index in [0.29, 0.717) is 13.0 Å². The van der Waals surface area contributed by atoms with Crippen LogP contribution < -0.4 is 11.5 Å². The normalized spacial score (nSPS) is 9.38. The van der Waals surface area contributed by atoms with Crippen molar-refractivity contribution in [3.8, 4) is 11.8 Å². The lowest BCUT2D eigenvalue weighted by atomic mass is 10.1. The summed E-state index contributed by atoms with van der Waals surface area (Å²) >= 11 is 0. The number of nitrogen functional groups attached to an aromatic ring is 1. The monoisotopic (exact) mass is 223 g/mol. The number of anilines is 1. The Morgan fingerprint density at radius 1 is 1.50 bits per heavy atom. The van der Waals surface area contributed by atoms with E-state index in [9.17, 15) is 14.5 Å². The summed E-state index contributed by atoms with van der Waals surface area (Å²) in [5.41, 5.74) is 10.2. The van der Waals surface area contributed by atoms with Crippen LogP contribution in [0.25, 0.3) is 0 Å². The molecule has 0 aliphatic heterocycles. The molecule has 0 aromatic heterocycles. The van der Waals surface area contributed by atoms with Crippen LogP contribution >= 0.6 is 0 Å². The van der Waals surface area contributed by atoms with E-state index in [4.69, 9.17) is 11.5 Å². The van der Waals surface area contributed by atoms with Crippen molar-refractivity contribution < 1.29 is 9.31 Å². The minimum absolute atomic E-state index is 0.111. The first-order chi connectivity index (χ1) is 7.56. The van der Waals surface area contributed by atoms with Gasteiger partial charge >= 0.3 is 0 Å². The lowest BCUT2D eigenvalue weighted by Crippen LogP contribution is -2.00. The third-order valence-corrected chi connectivity index (χ3v) is 1.81. The number of nitro benzene ring substituents is 1. The maximum atomic E-state index is 13.0. The highest BCUT2D eigenvalue weighted by Gasteiger charge is 2.16. The molecule has 1 aromatic rings. The highest BCUT2D eigenvalue weighted by molar-refractivity contribution is 5.68. The zero-order chi connectivity index (χ0) is 12.1. The Morgan fingerprint density at radius 2 is 2.19 bits per heavy atom. The van der Waals surface area contributed by atoms with Crippen LogP contribution in [0.15, 0.2) is 12.1 Å². The Bertz CT molecular complexity index is 477. The van der Waals surface area contributed by atoms with E-state index < -0.39 is 16.4 Å². The summed E-state index contributed by atoms with van der Waals surface area (Å²) in [7, 11) is 0. The molecule has 0 saturated carbocycles. The predicted octanol–water partition coefficient (Wildman–Crippen LogP) is 1.02. The number of rotatable bonds is 2. The summed E-state index contributed by atoms with van der Waals surface area (Å²) in [5, 5.41) is 10.5. The van der Waals surface area contributed by atoms with Crippen molar-refractivity contribution in [1.29, 1.82) is 0 Å². The summed E-state index contributed by atoms with van der Waals surface area (Å²) < 4.78 is 13.0. The van der Waals surface area contributed by atoms with Gasteiger partial charge in [-0.3, -0.25) is 10.1 Å². The van der Waals surface area contributed by atoms with Crippen molar-refractivity contribution in [2.75, 3.05) is 12.3 Å². The zero-order valence-corrected chi connectivity index (χ0v) is 8.37. The third kappa shape index (κ3) is 2.68. The number of nitrogens with two attached hydrogens (primary N) is 2. The number of nitrogens with zero attached hydrogens (tertiary/aromatic N) is 1. The van der Waals surface area contributed by atoms with Crippen LogP contribution in [0.2, 0.25) is 0 Å². The molecule has 0 spiro atoms. The van der Waals surface area contributed by atoms with Crippen LogP contribution in [-0.2, 0) is 0 Å². The largest absolute Gasteiger partial charge is 0.392 e. The summed E-state index contributed by atoms with van der Waals surface area (Å²) in [5.74, 6) is 4.45. The minimum Gasteiger partial charge on any atom is -0.392 e. The molecule has 0 atom stereocenters. The maximum absolute atomic E-state index is 13.0. The first-order valence-corrected chi connectivity index (χ1v) is 4.48. The molecule has 0 aliphatic carbocycles. The van der Waals surface area contributed by atoms with E-state index in [1.54, 1.807) is 0 Å². The van der Waals surface area contributed by atoms with Gasteiger partial charge in [0.15, 0.2) is 0 Å². The molecular formula is C10H10FN3O2. The Kier molecular flexibility index (Phi) is 3.80. The van der Waals surface area contributed by atoms with Crippen molar-refractivity contribution in [3.63, 3.8) is 0 Å². The summed E-state index contributed by atoms with van der Waals surface area (Å²) in [6, 6.07) is 1.83. The number of nitro groups is 1. The standard InChI is InChI=1S/C10H10FN3O2/c11-8-5-7(3-1-2-4-12)10(13)9(6-8)14(15)16/h5-6H,2,4,12-13H2. The average molecular weight is 223 g/mol. The Labute approximate surface area is 91.4 Å². The molecule has 0 heterocycles. The topological polar surface area (TPSA) is 95.2 Å². The number of benzene rings is 1. The molecule has 0 aliphatic rings. The summed E-state index contributed by atoms with van der Waals surface area (Å²) in [4.78, 5) is 9.80. The second-order valence-corrected chi connectivity index (χ2v) is 2.98. The molecule has 0 unspecified atom stereocenters. The second-order valence-electron chi connectivity index (χ2n) is 2.98. The van der Waals surface area contributed by atoms with Gasteiger partial charge in [-0.15, -0.1) is 0 Å². The first-order valence-electron chi connectivity index (χ1n) is 4.48. The molecule has 0 fully saturated rings. The fraction of sp³-hybridized carbons (Fsp3) is 0.200. The summed E-state index contributed by atoms with van der Waals surface area (Å²) in [6.07, 6.45) is 0.420. The Balaban J connectivity index is 3.21. The fourth-order valence-electron chi connectivity index (χ4n) is 1.09. The molecule has 4 N–H and O–H groups in total. The smallest absolute Gasteiger partial charge is 0.296 e. The van der Waals surface area contributed by atoms with Crippen LogP contribution in [0.1, 0.15) is 12.0 Å². The molecule has 84 valence electrons. The quantitative estimate of drug-likeness (QED) is 0.338. The molecule has 1 aromatic carbocycles. The number of hydrogen-bond acceptors (Lipinski definition) is 4. The third-order valence-electron chi connectivity index (χ3n) is 1.81. The van der Waals surface area contributed by atoms with E-state index in [1.807, 2.05) is 0 Å². The van der Waals surface area contributed by atoms with Gasteiger partial charge in [-0.25, -0.2) is 4.39 Å². The molecule has 0 radical (unpaired) electrons. The molecule has 0 saturated heterocycles. The van der Waals surface area contributed by atoms with Gasteiger partial charge in [0.25, 0.3) is 5.69 Å². The lowest BCUT2D eigenvalue weighted by Gasteiger charge is -2.00. The molecular weight excluding hydrogens is 213 g/mol. The summed E-state index contributed by atoms with van der Waals surface area (Å²) in [6.45, 7) is 0.365. The van der Waals surface area contributed by atoms with Crippen molar-refractivity contribution in [2.45, 2.75) is 6.42 Å². The maximum Gasteiger partial charge on any atom is 0.296 e. The van der Waals surface area contributed by atoms with Crippen molar-refractivity contribution in [3.05, 3.63) is 33.6 Å². The highest BCUT2D eigenvalue weighted by Crippen LogP contribution is 2.25. The molecule has 16 heavy (non-hydrogen) atoms. The fourth-order valence-corrected chi connectivity index (χ4v) is 1.09. The lowest BCUT2D eigenvalue weighted by molar-refractivity contribution is -0.384. The van der Waals surface area contributed by atoms with Gasteiger partial charge in [0, 0.05) is 13.0 Å². The van der Waals surface area contributed by atoms with Crippen LogP contribution in [0.5, 0.6) is 0 Å². The average Bonchev–Trinajstić information content (AvgIpc) is 2.22. The molecule has 0 amide bonds. The van der Waals surface area contributed by atoms with E-state index in [2.05, 4.69) is 11.8 Å². The SMILES string of the molecule is NCCC#Cc1cc(F)cc([N+](=O)[O-])c1N. The van der Waals surface area contributed by atoms with E-state index in [0.717, 1.165) is 12.1 Å². The molecule has 6 heteroatoms. The van der Waals surface area contributed by atoms with Crippen LogP contribution in [-0.4, -0.2) is 11.5 Å². The molecule has 1 rings (SSSR count). The zero-order valence-electron chi connectivity index (χ0n) is 8.37. The number of halogens is 1. The van der Waals surface area contributed by atoms with Crippen LogP contribution in [0.4, 0.5) is 15.8 Å². The van der Waals surface area contributed by atoms with Gasteiger partial charge in [0.05, 0.1) is 16.6 Å². The highest BCUT2D eigenvalue weighted by atomic mass is 19.1. The molecule has 5 nitrogen and oxygen atoms in total. The van der Waals surface area contributed by atoms with Crippen molar-refractivity contribution in [1.82, 2.24) is 0 Å². The van der Waals surface area contributed by atoms with Gasteiger partial charge in [-0.2, -0.15) is 0 Å². The van der Waals surface area contributed by atoms with Gasteiger partial charge in [0.1, 0.15) is 11.5 Å².